The van der Waals surface area contributed by atoms with Gasteiger partial charge >= 0.3 is 0 Å². The number of furan rings is 1. The van der Waals surface area contributed by atoms with Crippen LogP contribution in [0.3, 0.4) is 0 Å². The number of aryl methyl sites for hydroxylation is 1. The minimum Gasteiger partial charge on any atom is -0.468 e. The molecule has 0 atom stereocenters. The quantitative estimate of drug-likeness (QED) is 0.413. The number of halogens is 1. The summed E-state index contributed by atoms with van der Waals surface area (Å²) >= 11 is 5.91. The maximum atomic E-state index is 13.2. The van der Waals surface area contributed by atoms with Crippen LogP contribution in [0.15, 0.2) is 56.4 Å². The van der Waals surface area contributed by atoms with Crippen molar-refractivity contribution in [2.24, 2.45) is 0 Å². The molecule has 4 aromatic rings. The molecule has 0 unspecified atom stereocenters. The van der Waals surface area contributed by atoms with Crippen molar-refractivity contribution in [2.75, 3.05) is 7.05 Å². The standard InChI is InChI=1S/C20H20ClN5O4S/c1-13-19(31(27,28)25(3)11-17-5-4-10-29-17)14(2)26(24-13)12-18-22-23-20(30-18)15-6-8-16(21)9-7-15/h4-10H,11-12H2,1-3H3. The second kappa shape index (κ2) is 8.29. The van der Waals surface area contributed by atoms with Crippen molar-refractivity contribution in [2.45, 2.75) is 31.8 Å². The first-order valence-electron chi connectivity index (χ1n) is 9.37. The maximum absolute atomic E-state index is 13.2. The first kappa shape index (κ1) is 21.3. The first-order chi connectivity index (χ1) is 14.8. The van der Waals surface area contributed by atoms with Crippen LogP contribution in [0.25, 0.3) is 11.5 Å². The van der Waals surface area contributed by atoms with Gasteiger partial charge in [-0.25, -0.2) is 8.42 Å². The molecule has 0 aliphatic carbocycles. The fourth-order valence-corrected chi connectivity index (χ4v) is 4.85. The topological polar surface area (TPSA) is 107 Å². The Hall–Kier alpha value is -2.95. The highest BCUT2D eigenvalue weighted by atomic mass is 35.5. The van der Waals surface area contributed by atoms with E-state index in [0.717, 1.165) is 5.56 Å². The van der Waals surface area contributed by atoms with E-state index in [2.05, 4.69) is 15.3 Å². The maximum Gasteiger partial charge on any atom is 0.247 e. The smallest absolute Gasteiger partial charge is 0.247 e. The lowest BCUT2D eigenvalue weighted by atomic mass is 10.2. The van der Waals surface area contributed by atoms with Gasteiger partial charge < -0.3 is 8.83 Å². The van der Waals surface area contributed by atoms with Gasteiger partial charge in [-0.15, -0.1) is 10.2 Å². The summed E-state index contributed by atoms with van der Waals surface area (Å²) in [6.45, 7) is 3.62. The number of hydrogen-bond donors (Lipinski definition) is 0. The van der Waals surface area contributed by atoms with Gasteiger partial charge in [-0.3, -0.25) is 4.68 Å². The first-order valence-corrected chi connectivity index (χ1v) is 11.2. The minimum absolute atomic E-state index is 0.119. The predicted molar refractivity (Wildman–Crippen MR) is 113 cm³/mol. The molecule has 1 aromatic carbocycles. The van der Waals surface area contributed by atoms with Gasteiger partial charge in [-0.05, 0) is 50.2 Å². The van der Waals surface area contributed by atoms with E-state index in [0.29, 0.717) is 34.0 Å². The highest BCUT2D eigenvalue weighted by Crippen LogP contribution is 2.25. The fourth-order valence-electron chi connectivity index (χ4n) is 3.23. The zero-order valence-corrected chi connectivity index (χ0v) is 18.7. The van der Waals surface area contributed by atoms with Crippen LogP contribution in [0.1, 0.15) is 23.0 Å². The van der Waals surface area contributed by atoms with Gasteiger partial charge in [0, 0.05) is 17.6 Å². The highest BCUT2D eigenvalue weighted by molar-refractivity contribution is 7.89. The minimum atomic E-state index is -3.78. The van der Waals surface area contributed by atoms with Crippen LogP contribution < -0.4 is 0 Å². The van der Waals surface area contributed by atoms with Crippen LogP contribution in [0.4, 0.5) is 0 Å². The molecule has 4 rings (SSSR count). The lowest BCUT2D eigenvalue weighted by Crippen LogP contribution is -2.27. The molecule has 162 valence electrons. The molecule has 0 aliphatic rings. The van der Waals surface area contributed by atoms with Crippen LogP contribution in [-0.2, 0) is 23.1 Å². The summed E-state index contributed by atoms with van der Waals surface area (Å²) in [7, 11) is -2.27. The molecule has 0 N–H and O–H groups in total. The second-order valence-electron chi connectivity index (χ2n) is 7.01. The van der Waals surface area contributed by atoms with E-state index in [9.17, 15) is 8.42 Å². The molecule has 0 bridgehead atoms. The Morgan fingerprint density at radius 2 is 1.87 bits per heavy atom. The van der Waals surface area contributed by atoms with Crippen LogP contribution in [-0.4, -0.2) is 39.7 Å². The third-order valence-corrected chi connectivity index (χ3v) is 7.09. The summed E-state index contributed by atoms with van der Waals surface area (Å²) in [6, 6.07) is 10.5. The number of aromatic nitrogens is 4. The van der Waals surface area contributed by atoms with Crippen molar-refractivity contribution in [3.8, 4) is 11.5 Å². The van der Waals surface area contributed by atoms with Gasteiger partial charge in [0.2, 0.25) is 21.8 Å². The van der Waals surface area contributed by atoms with Crippen molar-refractivity contribution in [3.05, 3.63) is 70.7 Å². The molecule has 11 heteroatoms. The third-order valence-electron chi connectivity index (χ3n) is 4.79. The Bertz CT molecular complexity index is 1290. The third kappa shape index (κ3) is 4.27. The largest absolute Gasteiger partial charge is 0.468 e. The van der Waals surface area contributed by atoms with E-state index in [1.54, 1.807) is 54.9 Å². The van der Waals surface area contributed by atoms with E-state index < -0.39 is 10.0 Å². The molecule has 0 fully saturated rings. The van der Waals surface area contributed by atoms with Crippen molar-refractivity contribution < 1.29 is 17.3 Å². The average Bonchev–Trinajstić information content (AvgIpc) is 3.45. The normalized spacial score (nSPS) is 12.0. The van der Waals surface area contributed by atoms with E-state index in [4.69, 9.17) is 20.4 Å². The zero-order valence-electron chi connectivity index (χ0n) is 17.1. The lowest BCUT2D eigenvalue weighted by molar-refractivity contribution is 0.405. The molecular weight excluding hydrogens is 442 g/mol. The van der Waals surface area contributed by atoms with Gasteiger partial charge in [0.15, 0.2) is 0 Å². The van der Waals surface area contributed by atoms with Crippen molar-refractivity contribution in [1.82, 2.24) is 24.3 Å². The number of sulfonamides is 1. The Morgan fingerprint density at radius 1 is 1.13 bits per heavy atom. The van der Waals surface area contributed by atoms with Gasteiger partial charge in [0.05, 0.1) is 24.2 Å². The van der Waals surface area contributed by atoms with Crippen LogP contribution in [0.5, 0.6) is 0 Å². The monoisotopic (exact) mass is 461 g/mol. The van der Waals surface area contributed by atoms with E-state index >= 15 is 0 Å². The molecule has 3 aromatic heterocycles. The van der Waals surface area contributed by atoms with E-state index in [1.165, 1.54) is 17.6 Å². The van der Waals surface area contributed by atoms with Gasteiger partial charge in [0.25, 0.3) is 0 Å². The zero-order chi connectivity index (χ0) is 22.2. The summed E-state index contributed by atoms with van der Waals surface area (Å²) in [6.07, 6.45) is 1.51. The molecule has 0 radical (unpaired) electrons. The van der Waals surface area contributed by atoms with Crippen molar-refractivity contribution in [3.63, 3.8) is 0 Å². The van der Waals surface area contributed by atoms with Gasteiger partial charge in [-0.1, -0.05) is 11.6 Å². The Labute approximate surface area is 184 Å². The van der Waals surface area contributed by atoms with Crippen LogP contribution in [0, 0.1) is 13.8 Å². The van der Waals surface area contributed by atoms with Crippen LogP contribution >= 0.6 is 11.6 Å². The summed E-state index contributed by atoms with van der Waals surface area (Å²) in [4.78, 5) is 0.152. The van der Waals surface area contributed by atoms with E-state index in [-0.39, 0.29) is 18.0 Å². The van der Waals surface area contributed by atoms with Crippen LogP contribution in [0.2, 0.25) is 5.02 Å². The Morgan fingerprint density at radius 3 is 2.55 bits per heavy atom. The highest BCUT2D eigenvalue weighted by Gasteiger charge is 2.29. The molecule has 0 spiro atoms. The summed E-state index contributed by atoms with van der Waals surface area (Å²) in [5.74, 6) is 1.21. The lowest BCUT2D eigenvalue weighted by Gasteiger charge is -2.16. The number of benzene rings is 1. The van der Waals surface area contributed by atoms with Gasteiger partial charge in [-0.2, -0.15) is 9.40 Å². The van der Waals surface area contributed by atoms with E-state index in [1.807, 2.05) is 0 Å². The fraction of sp³-hybridized carbons (Fsp3) is 0.250. The molecule has 0 saturated heterocycles. The molecule has 0 saturated carbocycles. The predicted octanol–water partition coefficient (Wildman–Crippen LogP) is 3.67. The molecular formula is C20H20ClN5O4S. The summed E-state index contributed by atoms with van der Waals surface area (Å²) < 4.78 is 40.1. The molecule has 9 nitrogen and oxygen atoms in total. The molecule has 0 aliphatic heterocycles. The number of nitrogens with zero attached hydrogens (tertiary/aromatic N) is 5. The van der Waals surface area contributed by atoms with Crippen molar-refractivity contribution in [1.29, 1.82) is 0 Å². The van der Waals surface area contributed by atoms with Crippen molar-refractivity contribution >= 4 is 21.6 Å². The Balaban J connectivity index is 1.58. The number of rotatable bonds is 7. The average molecular weight is 462 g/mol. The number of hydrogen-bond acceptors (Lipinski definition) is 7. The summed E-state index contributed by atoms with van der Waals surface area (Å²) in [5.41, 5.74) is 1.61. The SMILES string of the molecule is Cc1nn(Cc2nnc(-c3ccc(Cl)cc3)o2)c(C)c1S(=O)(=O)N(C)Cc1ccco1. The Kier molecular flexibility index (Phi) is 5.69. The summed E-state index contributed by atoms with van der Waals surface area (Å²) in [5, 5.41) is 13.1. The molecule has 0 amide bonds. The molecule has 31 heavy (non-hydrogen) atoms. The molecule has 3 heterocycles. The second-order valence-corrected chi connectivity index (χ2v) is 9.42. The van der Waals surface area contributed by atoms with Gasteiger partial charge in [0.1, 0.15) is 17.2 Å².